The molecule has 2 unspecified atom stereocenters. The fourth-order valence-electron chi connectivity index (χ4n) is 2.93. The molecule has 2 rings (SSSR count). The van der Waals surface area contributed by atoms with Crippen molar-refractivity contribution in [2.45, 2.75) is 26.8 Å². The summed E-state index contributed by atoms with van der Waals surface area (Å²) in [7, 11) is 4.20. The van der Waals surface area contributed by atoms with E-state index in [-0.39, 0.29) is 5.84 Å². The molecule has 1 aromatic heterocycles. The second kappa shape index (κ2) is 5.36. The molecule has 1 aromatic rings. The average molecular weight is 276 g/mol. The van der Waals surface area contributed by atoms with E-state index in [0.29, 0.717) is 12.0 Å². The molecule has 3 N–H and O–H groups in total. The molecule has 1 saturated heterocycles. The van der Waals surface area contributed by atoms with Crippen LogP contribution in [-0.4, -0.2) is 54.2 Å². The molecule has 0 aromatic carbocycles. The van der Waals surface area contributed by atoms with Gasteiger partial charge in [0.05, 0.1) is 11.3 Å². The number of hydrogen-bond donors (Lipinski definition) is 2. The largest absolute Gasteiger partial charge is 0.384 e. The van der Waals surface area contributed by atoms with E-state index in [2.05, 4.69) is 41.0 Å². The maximum absolute atomic E-state index is 7.84. The van der Waals surface area contributed by atoms with Crippen molar-refractivity contribution in [1.82, 2.24) is 15.1 Å². The van der Waals surface area contributed by atoms with Crippen molar-refractivity contribution >= 4 is 11.7 Å². The summed E-state index contributed by atoms with van der Waals surface area (Å²) in [5.41, 5.74) is 8.26. The van der Waals surface area contributed by atoms with Crippen LogP contribution in [-0.2, 0) is 0 Å². The van der Waals surface area contributed by atoms with Gasteiger partial charge in [0.2, 0.25) is 0 Å². The maximum Gasteiger partial charge on any atom is 0.162 e. The second-order valence-electron chi connectivity index (χ2n) is 5.94. The number of hydrogen-bond acceptors (Lipinski definition) is 5. The van der Waals surface area contributed by atoms with Crippen LogP contribution in [0.5, 0.6) is 0 Å². The van der Waals surface area contributed by atoms with Crippen LogP contribution in [0.15, 0.2) is 0 Å². The zero-order valence-electron chi connectivity index (χ0n) is 12.9. The van der Waals surface area contributed by atoms with E-state index in [4.69, 9.17) is 11.1 Å². The molecule has 2 heterocycles. The molecule has 0 amide bonds. The Morgan fingerprint density at radius 3 is 2.45 bits per heavy atom. The first-order valence-corrected chi connectivity index (χ1v) is 6.92. The van der Waals surface area contributed by atoms with Gasteiger partial charge >= 0.3 is 0 Å². The van der Waals surface area contributed by atoms with Gasteiger partial charge in [0.15, 0.2) is 5.82 Å². The van der Waals surface area contributed by atoms with Gasteiger partial charge in [-0.25, -0.2) is 0 Å². The minimum absolute atomic E-state index is 0.0662. The van der Waals surface area contributed by atoms with Gasteiger partial charge < -0.3 is 15.5 Å². The van der Waals surface area contributed by atoms with E-state index in [1.165, 1.54) is 0 Å². The van der Waals surface area contributed by atoms with E-state index >= 15 is 0 Å². The molecule has 6 heteroatoms. The molecule has 2 atom stereocenters. The molecule has 1 aliphatic heterocycles. The number of nitrogens with zero attached hydrogens (tertiary/aromatic N) is 4. The smallest absolute Gasteiger partial charge is 0.162 e. The minimum atomic E-state index is 0.0662. The highest BCUT2D eigenvalue weighted by Crippen LogP contribution is 2.28. The Hall–Kier alpha value is -1.69. The molecule has 1 aliphatic rings. The maximum atomic E-state index is 7.84. The van der Waals surface area contributed by atoms with Crippen molar-refractivity contribution in [2.75, 3.05) is 32.1 Å². The van der Waals surface area contributed by atoms with Gasteiger partial charge in [0.25, 0.3) is 0 Å². The van der Waals surface area contributed by atoms with E-state index < -0.39 is 0 Å². The molecule has 1 fully saturated rings. The lowest BCUT2D eigenvalue weighted by Crippen LogP contribution is -2.35. The molecular formula is C14H24N6. The standard InChI is InChI=1S/C14H24N6/c1-8-6-20(7-11(8)19(4)5)14-12(13(15)16)9(2)10(3)17-18-14/h8,11H,6-7H2,1-5H3,(H3,15,16). The summed E-state index contributed by atoms with van der Waals surface area (Å²) in [5.74, 6) is 1.36. The van der Waals surface area contributed by atoms with Crippen LogP contribution in [0.25, 0.3) is 0 Å². The fraction of sp³-hybridized carbons (Fsp3) is 0.643. The second-order valence-corrected chi connectivity index (χ2v) is 5.94. The minimum Gasteiger partial charge on any atom is -0.384 e. The van der Waals surface area contributed by atoms with Crippen LogP contribution in [0.1, 0.15) is 23.7 Å². The van der Waals surface area contributed by atoms with Crippen molar-refractivity contribution in [3.63, 3.8) is 0 Å². The zero-order chi connectivity index (χ0) is 15.0. The van der Waals surface area contributed by atoms with Crippen LogP contribution in [0.2, 0.25) is 0 Å². The predicted molar refractivity (Wildman–Crippen MR) is 81.4 cm³/mol. The van der Waals surface area contributed by atoms with Crippen LogP contribution >= 0.6 is 0 Å². The third-order valence-corrected chi connectivity index (χ3v) is 4.24. The molecule has 6 nitrogen and oxygen atoms in total. The molecule has 0 radical (unpaired) electrons. The number of nitrogens with one attached hydrogen (secondary N) is 1. The summed E-state index contributed by atoms with van der Waals surface area (Å²) in [4.78, 5) is 4.44. The van der Waals surface area contributed by atoms with Gasteiger partial charge in [-0.15, -0.1) is 5.10 Å². The van der Waals surface area contributed by atoms with Crippen LogP contribution < -0.4 is 10.6 Å². The Morgan fingerprint density at radius 2 is 1.95 bits per heavy atom. The third kappa shape index (κ3) is 2.47. The normalized spacial score (nSPS) is 22.6. The summed E-state index contributed by atoms with van der Waals surface area (Å²) in [5, 5.41) is 16.3. The first-order valence-electron chi connectivity index (χ1n) is 6.92. The van der Waals surface area contributed by atoms with Crippen molar-refractivity contribution in [2.24, 2.45) is 11.7 Å². The summed E-state index contributed by atoms with van der Waals surface area (Å²) in [6.07, 6.45) is 0. The zero-order valence-corrected chi connectivity index (χ0v) is 12.9. The number of likely N-dealkylation sites (N-methyl/N-ethyl adjacent to an activating group) is 1. The monoisotopic (exact) mass is 276 g/mol. The summed E-state index contributed by atoms with van der Waals surface area (Å²) in [6.45, 7) is 7.90. The molecule has 0 saturated carbocycles. The summed E-state index contributed by atoms with van der Waals surface area (Å²) >= 11 is 0. The SMILES string of the molecule is Cc1nnc(N2CC(C)C(N(C)C)C2)c(C(=N)N)c1C. The van der Waals surface area contributed by atoms with Gasteiger partial charge in [0.1, 0.15) is 5.84 Å². The first-order chi connectivity index (χ1) is 9.32. The Labute approximate surface area is 120 Å². The van der Waals surface area contributed by atoms with E-state index in [1.54, 1.807) is 0 Å². The van der Waals surface area contributed by atoms with Gasteiger partial charge in [-0.05, 0) is 39.4 Å². The highest BCUT2D eigenvalue weighted by atomic mass is 15.3. The molecule has 110 valence electrons. The van der Waals surface area contributed by atoms with Crippen LogP contribution in [0.4, 0.5) is 5.82 Å². The molecule has 20 heavy (non-hydrogen) atoms. The molecule has 0 spiro atoms. The third-order valence-electron chi connectivity index (χ3n) is 4.24. The van der Waals surface area contributed by atoms with Gasteiger partial charge in [-0.1, -0.05) is 6.92 Å². The van der Waals surface area contributed by atoms with Crippen molar-refractivity contribution in [3.05, 3.63) is 16.8 Å². The Kier molecular flexibility index (Phi) is 3.94. The predicted octanol–water partition coefficient (Wildman–Crippen LogP) is 0.764. The number of nitrogen functional groups attached to an aromatic ring is 1. The van der Waals surface area contributed by atoms with E-state index in [9.17, 15) is 0 Å². The first kappa shape index (κ1) is 14.7. The Bertz CT molecular complexity index is 525. The number of aromatic nitrogens is 2. The Balaban J connectivity index is 2.40. The van der Waals surface area contributed by atoms with Crippen molar-refractivity contribution in [3.8, 4) is 0 Å². The Morgan fingerprint density at radius 1 is 1.30 bits per heavy atom. The quantitative estimate of drug-likeness (QED) is 0.629. The molecule has 0 bridgehead atoms. The van der Waals surface area contributed by atoms with Crippen molar-refractivity contribution in [1.29, 1.82) is 5.41 Å². The average Bonchev–Trinajstić information content (AvgIpc) is 2.74. The number of amidine groups is 1. The topological polar surface area (TPSA) is 82.1 Å². The lowest BCUT2D eigenvalue weighted by Gasteiger charge is -2.23. The number of nitrogens with two attached hydrogens (primary N) is 1. The number of anilines is 1. The van der Waals surface area contributed by atoms with E-state index in [1.807, 2.05) is 13.8 Å². The molecule has 0 aliphatic carbocycles. The van der Waals surface area contributed by atoms with Gasteiger partial charge in [-0.2, -0.15) is 5.10 Å². The van der Waals surface area contributed by atoms with Crippen molar-refractivity contribution < 1.29 is 0 Å². The highest BCUT2D eigenvalue weighted by molar-refractivity contribution is 6.01. The van der Waals surface area contributed by atoms with Crippen LogP contribution in [0, 0.1) is 25.2 Å². The summed E-state index contributed by atoms with van der Waals surface area (Å²) < 4.78 is 0. The number of aryl methyl sites for hydroxylation is 1. The number of rotatable bonds is 3. The lowest BCUT2D eigenvalue weighted by molar-refractivity contribution is 0.266. The van der Waals surface area contributed by atoms with Gasteiger partial charge in [0, 0.05) is 19.1 Å². The summed E-state index contributed by atoms with van der Waals surface area (Å²) in [6, 6.07) is 0.484. The lowest BCUT2D eigenvalue weighted by atomic mass is 10.1. The highest BCUT2D eigenvalue weighted by Gasteiger charge is 2.33. The van der Waals surface area contributed by atoms with E-state index in [0.717, 1.165) is 35.7 Å². The fourth-order valence-corrected chi connectivity index (χ4v) is 2.93. The van der Waals surface area contributed by atoms with Gasteiger partial charge in [-0.3, -0.25) is 5.41 Å². The van der Waals surface area contributed by atoms with Crippen LogP contribution in [0.3, 0.4) is 0 Å². The molecular weight excluding hydrogens is 252 g/mol.